The number of rotatable bonds is 6. The van der Waals surface area contributed by atoms with E-state index in [9.17, 15) is 14.7 Å². The Balaban J connectivity index is 2.09. The van der Waals surface area contributed by atoms with Crippen molar-refractivity contribution >= 4 is 34.8 Å². The maximum atomic E-state index is 12.5. The van der Waals surface area contributed by atoms with E-state index in [2.05, 4.69) is 21.0 Å². The molecule has 4 N–H and O–H groups in total. The van der Waals surface area contributed by atoms with Gasteiger partial charge in [-0.1, -0.05) is 23.7 Å². The van der Waals surface area contributed by atoms with Gasteiger partial charge in [-0.3, -0.25) is 20.4 Å². The molecule has 0 aliphatic heterocycles. The van der Waals surface area contributed by atoms with Crippen LogP contribution in [0.5, 0.6) is 5.75 Å². The molecular weight excluding hydrogens is 396 g/mol. The third-order valence-corrected chi connectivity index (χ3v) is 4.67. The average Bonchev–Trinajstić information content (AvgIpc) is 2.72. The van der Waals surface area contributed by atoms with E-state index < -0.39 is 24.0 Å². The average molecular weight is 417 g/mol. The van der Waals surface area contributed by atoms with Crippen molar-refractivity contribution in [3.8, 4) is 5.75 Å². The maximum absolute atomic E-state index is 12.5. The van der Waals surface area contributed by atoms with Gasteiger partial charge in [0.05, 0.1) is 24.8 Å². The van der Waals surface area contributed by atoms with Crippen LogP contribution in [0.4, 0.5) is 11.4 Å². The van der Waals surface area contributed by atoms with Crippen molar-refractivity contribution in [3.63, 3.8) is 0 Å². The highest BCUT2D eigenvalue weighted by Crippen LogP contribution is 2.33. The van der Waals surface area contributed by atoms with Crippen LogP contribution in [-0.2, 0) is 4.79 Å². The predicted octanol–water partition coefficient (Wildman–Crippen LogP) is 2.83. The lowest BCUT2D eigenvalue weighted by Gasteiger charge is -2.23. The van der Waals surface area contributed by atoms with Crippen LogP contribution in [0.2, 0.25) is 5.02 Å². The molecule has 0 aliphatic rings. The first kappa shape index (κ1) is 22.0. The number of aliphatic hydroxyl groups excluding tert-OH is 1. The van der Waals surface area contributed by atoms with Gasteiger partial charge in [-0.15, -0.1) is 0 Å². The van der Waals surface area contributed by atoms with Gasteiger partial charge >= 0.3 is 0 Å². The molecule has 2 aromatic rings. The SMILES string of the molecule is [C-]#[N+]c1ccc(N[C@@H](C(=O)NNC(=O)c2cccc(OC)c2)[C@H](C)O)c(C)c1Cl. The fraction of sp³-hybridized carbons (Fsp3) is 0.250. The highest BCUT2D eigenvalue weighted by molar-refractivity contribution is 6.34. The molecule has 2 amide bonds. The van der Waals surface area contributed by atoms with Crippen LogP contribution >= 0.6 is 11.6 Å². The van der Waals surface area contributed by atoms with Gasteiger partial charge in [0.25, 0.3) is 11.8 Å². The lowest BCUT2D eigenvalue weighted by molar-refractivity contribution is -0.124. The first-order valence-corrected chi connectivity index (χ1v) is 9.01. The Labute approximate surface area is 173 Å². The van der Waals surface area contributed by atoms with Crippen LogP contribution in [0.25, 0.3) is 4.85 Å². The fourth-order valence-electron chi connectivity index (χ4n) is 2.52. The van der Waals surface area contributed by atoms with E-state index in [1.54, 1.807) is 31.2 Å². The molecule has 0 saturated carbocycles. The zero-order valence-electron chi connectivity index (χ0n) is 16.1. The molecule has 152 valence electrons. The fourth-order valence-corrected chi connectivity index (χ4v) is 2.73. The second kappa shape index (κ2) is 9.78. The molecular formula is C20H21ClN4O4. The first-order valence-electron chi connectivity index (χ1n) is 8.64. The topological polar surface area (TPSA) is 104 Å². The number of nitrogens with zero attached hydrogens (tertiary/aromatic N) is 1. The molecule has 0 aliphatic carbocycles. The Kier molecular flexibility index (Phi) is 7.42. The van der Waals surface area contributed by atoms with Gasteiger partial charge in [0.2, 0.25) is 5.69 Å². The first-order chi connectivity index (χ1) is 13.8. The van der Waals surface area contributed by atoms with Gasteiger partial charge in [-0.25, -0.2) is 4.85 Å². The van der Waals surface area contributed by atoms with Gasteiger partial charge in [0.1, 0.15) is 11.8 Å². The van der Waals surface area contributed by atoms with Crippen molar-refractivity contribution < 1.29 is 19.4 Å². The van der Waals surface area contributed by atoms with Gasteiger partial charge < -0.3 is 15.2 Å². The molecule has 0 aromatic heterocycles. The lowest BCUT2D eigenvalue weighted by Crippen LogP contribution is -2.52. The Morgan fingerprint density at radius 2 is 1.97 bits per heavy atom. The molecule has 0 radical (unpaired) electrons. The summed E-state index contributed by atoms with van der Waals surface area (Å²) in [6, 6.07) is 8.48. The monoisotopic (exact) mass is 416 g/mol. The van der Waals surface area contributed by atoms with Crippen molar-refractivity contribution in [2.24, 2.45) is 0 Å². The Hall–Kier alpha value is -3.28. The van der Waals surface area contributed by atoms with Crippen LogP contribution in [0.3, 0.4) is 0 Å². The summed E-state index contributed by atoms with van der Waals surface area (Å²) in [5.41, 5.74) is 6.24. The maximum Gasteiger partial charge on any atom is 0.269 e. The molecule has 2 atom stereocenters. The third kappa shape index (κ3) is 5.38. The van der Waals surface area contributed by atoms with Gasteiger partial charge in [0.15, 0.2) is 0 Å². The molecule has 0 fully saturated rings. The van der Waals surface area contributed by atoms with E-state index in [1.165, 1.54) is 26.2 Å². The number of anilines is 1. The second-order valence-electron chi connectivity index (χ2n) is 6.22. The standard InChI is InChI=1S/C20H21ClN4O4/c1-11-15(8-9-16(22-3)17(11)21)23-18(12(2)26)20(28)25-24-19(27)13-6-5-7-14(10-13)29-4/h5-10,12,18,23,26H,1-2,4H3,(H,24,27)(H,25,28)/t12-,18+/m0/s1. The zero-order chi connectivity index (χ0) is 21.6. The molecule has 2 rings (SSSR count). The quantitative estimate of drug-likeness (QED) is 0.428. The number of hydrogen-bond donors (Lipinski definition) is 4. The highest BCUT2D eigenvalue weighted by atomic mass is 35.5. The molecule has 0 bridgehead atoms. The highest BCUT2D eigenvalue weighted by Gasteiger charge is 2.25. The number of aliphatic hydroxyl groups is 1. The second-order valence-corrected chi connectivity index (χ2v) is 6.60. The molecule has 2 aromatic carbocycles. The summed E-state index contributed by atoms with van der Waals surface area (Å²) < 4.78 is 5.06. The van der Waals surface area contributed by atoms with Crippen LogP contribution in [-0.4, -0.2) is 36.2 Å². The lowest BCUT2D eigenvalue weighted by atomic mass is 10.1. The number of carbonyl (C=O) groups excluding carboxylic acids is 2. The molecule has 0 heterocycles. The summed E-state index contributed by atoms with van der Waals surface area (Å²) in [6.07, 6.45) is -1.08. The Morgan fingerprint density at radius 1 is 1.24 bits per heavy atom. The summed E-state index contributed by atoms with van der Waals surface area (Å²) in [6.45, 7) is 10.2. The van der Waals surface area contributed by atoms with E-state index in [0.717, 1.165) is 0 Å². The summed E-state index contributed by atoms with van der Waals surface area (Å²) in [5, 5.41) is 13.2. The van der Waals surface area contributed by atoms with Crippen LogP contribution in [0.1, 0.15) is 22.8 Å². The number of benzene rings is 2. The van der Waals surface area contributed by atoms with Crippen molar-refractivity contribution in [2.45, 2.75) is 26.0 Å². The minimum absolute atomic E-state index is 0.265. The Morgan fingerprint density at radius 3 is 2.59 bits per heavy atom. The smallest absolute Gasteiger partial charge is 0.269 e. The van der Waals surface area contributed by atoms with Crippen LogP contribution in [0.15, 0.2) is 36.4 Å². The normalized spacial score (nSPS) is 12.3. The van der Waals surface area contributed by atoms with E-state index in [-0.39, 0.29) is 5.02 Å². The minimum Gasteiger partial charge on any atom is -0.497 e. The van der Waals surface area contributed by atoms with Crippen molar-refractivity contribution in [3.05, 3.63) is 64.0 Å². The van der Waals surface area contributed by atoms with Gasteiger partial charge in [0, 0.05) is 11.3 Å². The number of nitrogens with one attached hydrogen (secondary N) is 3. The number of amides is 2. The zero-order valence-corrected chi connectivity index (χ0v) is 16.9. The molecule has 29 heavy (non-hydrogen) atoms. The predicted molar refractivity (Wildman–Crippen MR) is 110 cm³/mol. The largest absolute Gasteiger partial charge is 0.497 e. The van der Waals surface area contributed by atoms with Gasteiger partial charge in [-0.05, 0) is 43.7 Å². The van der Waals surface area contributed by atoms with E-state index in [4.69, 9.17) is 22.9 Å². The Bertz CT molecular complexity index is 956. The summed E-state index contributed by atoms with van der Waals surface area (Å²) in [7, 11) is 1.48. The van der Waals surface area contributed by atoms with Crippen LogP contribution < -0.4 is 20.9 Å². The van der Waals surface area contributed by atoms with Crippen molar-refractivity contribution in [1.82, 2.24) is 10.9 Å². The van der Waals surface area contributed by atoms with E-state index in [1.807, 2.05) is 0 Å². The number of hydrogen-bond acceptors (Lipinski definition) is 5. The number of ether oxygens (including phenoxy) is 1. The number of hydrazine groups is 1. The summed E-state index contributed by atoms with van der Waals surface area (Å²) in [5.74, 6) is -0.689. The van der Waals surface area contributed by atoms with E-state index >= 15 is 0 Å². The van der Waals surface area contributed by atoms with Crippen molar-refractivity contribution in [1.29, 1.82) is 0 Å². The molecule has 0 unspecified atom stereocenters. The molecule has 0 spiro atoms. The number of halogens is 1. The molecule has 8 nitrogen and oxygen atoms in total. The van der Waals surface area contributed by atoms with Crippen molar-refractivity contribution in [2.75, 3.05) is 12.4 Å². The molecule has 0 saturated heterocycles. The van der Waals surface area contributed by atoms with Gasteiger partial charge in [-0.2, -0.15) is 0 Å². The number of methoxy groups -OCH3 is 1. The summed E-state index contributed by atoms with van der Waals surface area (Å²) >= 11 is 6.15. The molecule has 9 heteroatoms. The van der Waals surface area contributed by atoms with Crippen LogP contribution in [0, 0.1) is 13.5 Å². The third-order valence-electron chi connectivity index (χ3n) is 4.19. The minimum atomic E-state index is -1.08. The summed E-state index contributed by atoms with van der Waals surface area (Å²) in [4.78, 5) is 28.1. The number of carbonyl (C=O) groups is 2. The van der Waals surface area contributed by atoms with E-state index in [0.29, 0.717) is 28.3 Å².